The first-order chi connectivity index (χ1) is 8.54. The van der Waals surface area contributed by atoms with E-state index in [-0.39, 0.29) is 0 Å². The molecular weight excluding hydrogens is 294 g/mol. The van der Waals surface area contributed by atoms with Gasteiger partial charge in [-0.1, -0.05) is 13.8 Å². The zero-order chi connectivity index (χ0) is 13.6. The van der Waals surface area contributed by atoms with Crippen LogP contribution in [0.4, 0.5) is 0 Å². The Bertz CT molecular complexity index is 277. The third-order valence-corrected chi connectivity index (χ3v) is 5.85. The molecule has 108 valence electrons. The van der Waals surface area contributed by atoms with Crippen molar-refractivity contribution in [2.24, 2.45) is 5.92 Å². The lowest BCUT2D eigenvalue weighted by Crippen LogP contribution is -2.40. The summed E-state index contributed by atoms with van der Waals surface area (Å²) in [5.74, 6) is 1.31. The van der Waals surface area contributed by atoms with Gasteiger partial charge >= 0.3 is 7.67 Å². The lowest BCUT2D eigenvalue weighted by Gasteiger charge is -2.41. The van der Waals surface area contributed by atoms with Crippen molar-refractivity contribution in [1.29, 1.82) is 0 Å². The van der Waals surface area contributed by atoms with E-state index in [2.05, 4.69) is 13.8 Å². The summed E-state index contributed by atoms with van der Waals surface area (Å²) in [7, 11) is -2.92. The highest BCUT2D eigenvalue weighted by molar-refractivity contribution is 7.54. The average molecular weight is 317 g/mol. The van der Waals surface area contributed by atoms with Gasteiger partial charge in [0.05, 0.1) is 6.61 Å². The van der Waals surface area contributed by atoms with Gasteiger partial charge < -0.3 is 4.52 Å². The number of alkyl halides is 2. The van der Waals surface area contributed by atoms with Crippen molar-refractivity contribution in [2.75, 3.05) is 44.5 Å². The molecule has 18 heavy (non-hydrogen) atoms. The molecule has 0 aromatic heterocycles. The van der Waals surface area contributed by atoms with E-state index < -0.39 is 7.67 Å². The Balaban J connectivity index is 2.83. The summed E-state index contributed by atoms with van der Waals surface area (Å²) in [4.78, 5) is 0. The van der Waals surface area contributed by atoms with Gasteiger partial charge in [-0.05, 0) is 12.3 Å². The molecule has 1 unspecified atom stereocenters. The molecule has 0 bridgehead atoms. The summed E-state index contributed by atoms with van der Waals surface area (Å²) in [6.45, 7) is 7.46. The van der Waals surface area contributed by atoms with Crippen LogP contribution in [-0.4, -0.2) is 53.9 Å². The zero-order valence-electron chi connectivity index (χ0n) is 11.1. The maximum absolute atomic E-state index is 13.1. The first-order valence-corrected chi connectivity index (χ1v) is 9.02. The molecule has 1 saturated heterocycles. The fourth-order valence-electron chi connectivity index (χ4n) is 2.07. The second-order valence-electron chi connectivity index (χ2n) is 4.82. The molecule has 1 fully saturated rings. The van der Waals surface area contributed by atoms with Gasteiger partial charge in [-0.2, -0.15) is 0 Å². The van der Waals surface area contributed by atoms with Crippen LogP contribution >= 0.6 is 30.9 Å². The summed E-state index contributed by atoms with van der Waals surface area (Å²) in [5.41, 5.74) is 0. The second kappa shape index (κ2) is 8.08. The Morgan fingerprint density at radius 3 is 2.44 bits per heavy atom. The van der Waals surface area contributed by atoms with E-state index in [4.69, 9.17) is 27.7 Å². The van der Waals surface area contributed by atoms with Crippen LogP contribution in [0.3, 0.4) is 0 Å². The zero-order valence-corrected chi connectivity index (χ0v) is 13.6. The maximum Gasteiger partial charge on any atom is 0.346 e. The van der Waals surface area contributed by atoms with E-state index in [1.54, 1.807) is 0 Å². The Kier molecular flexibility index (Phi) is 7.52. The summed E-state index contributed by atoms with van der Waals surface area (Å²) in [6.07, 6.45) is 0.923. The molecule has 1 atom stereocenters. The fraction of sp³-hybridized carbons (Fsp3) is 1.00. The molecule has 0 aromatic carbocycles. The molecule has 0 aliphatic carbocycles. The molecule has 1 heterocycles. The molecular formula is C11H23Cl2N2O2P. The first kappa shape index (κ1) is 16.7. The molecule has 7 heteroatoms. The van der Waals surface area contributed by atoms with Gasteiger partial charge in [0, 0.05) is 37.9 Å². The van der Waals surface area contributed by atoms with Gasteiger partial charge in [0.1, 0.15) is 0 Å². The molecule has 0 N–H and O–H groups in total. The summed E-state index contributed by atoms with van der Waals surface area (Å²) in [5, 5.41) is 0. The van der Waals surface area contributed by atoms with Crippen molar-refractivity contribution in [3.63, 3.8) is 0 Å². The molecule has 0 spiro atoms. The van der Waals surface area contributed by atoms with Crippen LogP contribution in [0.25, 0.3) is 0 Å². The Morgan fingerprint density at radius 1 is 1.33 bits per heavy atom. The molecule has 0 radical (unpaired) electrons. The van der Waals surface area contributed by atoms with Gasteiger partial charge in [0.25, 0.3) is 0 Å². The second-order valence-corrected chi connectivity index (χ2v) is 7.94. The van der Waals surface area contributed by atoms with Crippen molar-refractivity contribution in [3.05, 3.63) is 0 Å². The SMILES string of the molecule is CC(C)CN1CCCOP1(=O)N(CCCl)CCCl. The molecule has 1 aliphatic heterocycles. The Hall–Kier alpha value is 0.690. The summed E-state index contributed by atoms with van der Waals surface area (Å²) in [6, 6.07) is 0. The highest BCUT2D eigenvalue weighted by atomic mass is 35.5. The van der Waals surface area contributed by atoms with E-state index in [0.29, 0.717) is 37.4 Å². The maximum atomic E-state index is 13.1. The summed E-state index contributed by atoms with van der Waals surface area (Å²) >= 11 is 11.6. The number of rotatable bonds is 7. The van der Waals surface area contributed by atoms with Crippen molar-refractivity contribution in [3.8, 4) is 0 Å². The van der Waals surface area contributed by atoms with Crippen LogP contribution in [0.15, 0.2) is 0 Å². The third-order valence-electron chi connectivity index (χ3n) is 2.80. The monoisotopic (exact) mass is 316 g/mol. The number of hydrogen-bond donors (Lipinski definition) is 0. The van der Waals surface area contributed by atoms with Gasteiger partial charge in [-0.25, -0.2) is 9.34 Å². The minimum Gasteiger partial charge on any atom is -0.306 e. The van der Waals surface area contributed by atoms with E-state index >= 15 is 0 Å². The molecule has 0 amide bonds. The van der Waals surface area contributed by atoms with Crippen LogP contribution < -0.4 is 0 Å². The van der Waals surface area contributed by atoms with Crippen LogP contribution in [0, 0.1) is 5.92 Å². The molecule has 1 rings (SSSR count). The van der Waals surface area contributed by atoms with Gasteiger partial charge in [-0.15, -0.1) is 23.2 Å². The van der Waals surface area contributed by atoms with E-state index in [1.165, 1.54) is 0 Å². The van der Waals surface area contributed by atoms with Crippen molar-refractivity contribution < 1.29 is 9.09 Å². The van der Waals surface area contributed by atoms with Crippen LogP contribution in [-0.2, 0) is 9.09 Å². The minimum atomic E-state index is -2.92. The van der Waals surface area contributed by atoms with Crippen LogP contribution in [0.2, 0.25) is 0 Å². The first-order valence-electron chi connectivity index (χ1n) is 6.42. The lowest BCUT2D eigenvalue weighted by molar-refractivity contribution is 0.160. The van der Waals surface area contributed by atoms with Crippen LogP contribution in [0.5, 0.6) is 0 Å². The van der Waals surface area contributed by atoms with Gasteiger partial charge in [-0.3, -0.25) is 4.57 Å². The van der Waals surface area contributed by atoms with Crippen molar-refractivity contribution >= 4 is 30.9 Å². The molecule has 0 saturated carbocycles. The van der Waals surface area contributed by atoms with Crippen molar-refractivity contribution in [2.45, 2.75) is 20.3 Å². The number of nitrogens with zero attached hydrogens (tertiary/aromatic N) is 2. The topological polar surface area (TPSA) is 32.8 Å². The number of halogens is 2. The van der Waals surface area contributed by atoms with Crippen molar-refractivity contribution in [1.82, 2.24) is 9.34 Å². The highest BCUT2D eigenvalue weighted by Crippen LogP contribution is 2.56. The van der Waals surface area contributed by atoms with Gasteiger partial charge in [0.2, 0.25) is 0 Å². The minimum absolute atomic E-state index is 0.430. The van der Waals surface area contributed by atoms with Gasteiger partial charge in [0.15, 0.2) is 0 Å². The lowest BCUT2D eigenvalue weighted by atomic mass is 10.2. The van der Waals surface area contributed by atoms with Crippen LogP contribution in [0.1, 0.15) is 20.3 Å². The van der Waals surface area contributed by atoms with E-state index in [0.717, 1.165) is 19.5 Å². The Morgan fingerprint density at radius 2 is 1.94 bits per heavy atom. The molecule has 0 aromatic rings. The highest BCUT2D eigenvalue weighted by Gasteiger charge is 2.40. The molecule has 1 aliphatic rings. The predicted molar refractivity (Wildman–Crippen MR) is 77.6 cm³/mol. The molecule has 4 nitrogen and oxygen atoms in total. The smallest absolute Gasteiger partial charge is 0.306 e. The summed E-state index contributed by atoms with van der Waals surface area (Å²) < 4.78 is 22.5. The largest absolute Gasteiger partial charge is 0.346 e. The van der Waals surface area contributed by atoms with E-state index in [1.807, 2.05) is 9.34 Å². The quantitative estimate of drug-likeness (QED) is 0.533. The normalized spacial score (nSPS) is 26.1. The standard InChI is InChI=1S/C11H23Cl2N2O2P/c1-11(2)10-15-6-3-9-17-18(15,16)14(7-4-12)8-5-13/h11H,3-10H2,1-2H3. The predicted octanol–water partition coefficient (Wildman–Crippen LogP) is 3.25. The Labute approximate surface area is 120 Å². The van der Waals surface area contributed by atoms with E-state index in [9.17, 15) is 4.57 Å². The fourth-order valence-corrected chi connectivity index (χ4v) is 5.40. The third kappa shape index (κ3) is 4.36. The number of hydrogen-bond acceptors (Lipinski definition) is 2. The average Bonchev–Trinajstić information content (AvgIpc) is 2.31.